The van der Waals surface area contributed by atoms with Crippen molar-refractivity contribution in [3.63, 3.8) is 0 Å². The van der Waals surface area contributed by atoms with Gasteiger partial charge in [0.25, 0.3) is 0 Å². The molecule has 0 aliphatic rings. The Morgan fingerprint density at radius 3 is 2.67 bits per heavy atom. The zero-order chi connectivity index (χ0) is 10.9. The van der Waals surface area contributed by atoms with E-state index >= 15 is 0 Å². The molecule has 0 N–H and O–H groups in total. The summed E-state index contributed by atoms with van der Waals surface area (Å²) in [7, 11) is 0. The van der Waals surface area contributed by atoms with Gasteiger partial charge in [0.05, 0.1) is 13.2 Å². The van der Waals surface area contributed by atoms with Crippen LogP contribution in [0.4, 0.5) is 0 Å². The van der Waals surface area contributed by atoms with E-state index in [-0.39, 0.29) is 0 Å². The fourth-order valence-electron chi connectivity index (χ4n) is 1.39. The lowest BCUT2D eigenvalue weighted by atomic mass is 10.4. The molecular weight excluding hydrogens is 192 g/mol. The molecule has 1 rings (SSSR count). The highest BCUT2D eigenvalue weighted by Gasteiger charge is 2.01. The molecule has 1 aromatic rings. The Kier molecular flexibility index (Phi) is 6.04. The molecule has 1 heterocycles. The standard InChI is InChI=1S/C11H20N2O2/c1-3-14-9-5-11-12-6-7-13(11)8-10-15-4-2/h6-7H,3-5,8-10H2,1-2H3. The molecule has 1 aromatic heterocycles. The molecule has 0 aliphatic heterocycles. The maximum atomic E-state index is 5.31. The van der Waals surface area contributed by atoms with E-state index in [1.54, 1.807) is 0 Å². The molecule has 4 nitrogen and oxygen atoms in total. The van der Waals surface area contributed by atoms with Gasteiger partial charge in [-0.15, -0.1) is 0 Å². The number of imidazole rings is 1. The van der Waals surface area contributed by atoms with Gasteiger partial charge in [0.2, 0.25) is 0 Å². The molecule has 4 heteroatoms. The Morgan fingerprint density at radius 2 is 1.93 bits per heavy atom. The molecule has 0 atom stereocenters. The second-order valence-corrected chi connectivity index (χ2v) is 3.18. The van der Waals surface area contributed by atoms with Gasteiger partial charge in [-0.3, -0.25) is 0 Å². The predicted molar refractivity (Wildman–Crippen MR) is 58.9 cm³/mol. The zero-order valence-corrected chi connectivity index (χ0v) is 9.61. The summed E-state index contributed by atoms with van der Waals surface area (Å²) in [5.41, 5.74) is 0. The average Bonchev–Trinajstić information content (AvgIpc) is 2.67. The smallest absolute Gasteiger partial charge is 0.111 e. The number of ether oxygens (including phenoxy) is 2. The number of aromatic nitrogens is 2. The van der Waals surface area contributed by atoms with E-state index in [1.807, 2.05) is 26.2 Å². The first-order chi connectivity index (χ1) is 7.38. The molecule has 15 heavy (non-hydrogen) atoms. The summed E-state index contributed by atoms with van der Waals surface area (Å²) in [6.45, 7) is 7.89. The maximum Gasteiger partial charge on any atom is 0.111 e. The fourth-order valence-corrected chi connectivity index (χ4v) is 1.39. The molecule has 0 spiro atoms. The highest BCUT2D eigenvalue weighted by Crippen LogP contribution is 1.99. The highest BCUT2D eigenvalue weighted by atomic mass is 16.5. The third-order valence-electron chi connectivity index (χ3n) is 2.16. The highest BCUT2D eigenvalue weighted by molar-refractivity contribution is 4.92. The minimum Gasteiger partial charge on any atom is -0.381 e. The van der Waals surface area contributed by atoms with Crippen LogP contribution >= 0.6 is 0 Å². The first kappa shape index (κ1) is 12.2. The summed E-state index contributed by atoms with van der Waals surface area (Å²) in [6.07, 6.45) is 4.68. The molecule has 0 fully saturated rings. The van der Waals surface area contributed by atoms with Crippen molar-refractivity contribution in [3.8, 4) is 0 Å². The summed E-state index contributed by atoms with van der Waals surface area (Å²) >= 11 is 0. The molecule has 0 aromatic carbocycles. The van der Waals surface area contributed by atoms with E-state index in [0.29, 0.717) is 0 Å². The van der Waals surface area contributed by atoms with Gasteiger partial charge >= 0.3 is 0 Å². The molecule has 0 radical (unpaired) electrons. The lowest BCUT2D eigenvalue weighted by molar-refractivity contribution is 0.135. The van der Waals surface area contributed by atoms with Crippen LogP contribution in [0.25, 0.3) is 0 Å². The average molecular weight is 212 g/mol. The lowest BCUT2D eigenvalue weighted by Crippen LogP contribution is -2.10. The van der Waals surface area contributed by atoms with Crippen LogP contribution in [0.1, 0.15) is 19.7 Å². The Hall–Kier alpha value is -0.870. The van der Waals surface area contributed by atoms with Gasteiger partial charge in [-0.05, 0) is 13.8 Å². The van der Waals surface area contributed by atoms with Gasteiger partial charge in [-0.1, -0.05) is 0 Å². The minimum absolute atomic E-state index is 0.738. The van der Waals surface area contributed by atoms with E-state index in [0.717, 1.165) is 45.2 Å². The van der Waals surface area contributed by atoms with E-state index < -0.39 is 0 Å². The Bertz CT molecular complexity index is 236. The fraction of sp³-hybridized carbons (Fsp3) is 0.727. The third-order valence-corrected chi connectivity index (χ3v) is 2.16. The second-order valence-electron chi connectivity index (χ2n) is 3.18. The molecule has 0 unspecified atom stereocenters. The Labute approximate surface area is 91.2 Å². The number of rotatable bonds is 8. The van der Waals surface area contributed by atoms with Gasteiger partial charge in [0.15, 0.2) is 0 Å². The van der Waals surface area contributed by atoms with Gasteiger partial charge in [-0.2, -0.15) is 0 Å². The molecule has 0 saturated heterocycles. The first-order valence-corrected chi connectivity index (χ1v) is 5.54. The predicted octanol–water partition coefficient (Wildman–Crippen LogP) is 1.50. The van der Waals surface area contributed by atoms with Crippen molar-refractivity contribution < 1.29 is 9.47 Å². The van der Waals surface area contributed by atoms with Gasteiger partial charge in [-0.25, -0.2) is 4.98 Å². The summed E-state index contributed by atoms with van der Waals surface area (Å²) in [5.74, 6) is 1.07. The summed E-state index contributed by atoms with van der Waals surface area (Å²) < 4.78 is 12.7. The van der Waals surface area contributed by atoms with Gasteiger partial charge < -0.3 is 14.0 Å². The van der Waals surface area contributed by atoms with E-state index in [9.17, 15) is 0 Å². The monoisotopic (exact) mass is 212 g/mol. The normalized spacial score (nSPS) is 10.8. The van der Waals surface area contributed by atoms with Crippen LogP contribution in [-0.2, 0) is 22.4 Å². The van der Waals surface area contributed by atoms with Crippen LogP contribution < -0.4 is 0 Å². The minimum atomic E-state index is 0.738. The van der Waals surface area contributed by atoms with E-state index in [4.69, 9.17) is 9.47 Å². The number of hydrogen-bond acceptors (Lipinski definition) is 3. The first-order valence-electron chi connectivity index (χ1n) is 5.54. The largest absolute Gasteiger partial charge is 0.381 e. The topological polar surface area (TPSA) is 36.3 Å². The third kappa shape index (κ3) is 4.44. The van der Waals surface area contributed by atoms with Crippen LogP contribution in [0.2, 0.25) is 0 Å². The lowest BCUT2D eigenvalue weighted by Gasteiger charge is -2.07. The van der Waals surface area contributed by atoms with E-state index in [1.165, 1.54) is 0 Å². The van der Waals surface area contributed by atoms with Crippen molar-refractivity contribution in [1.29, 1.82) is 0 Å². The molecule has 0 bridgehead atoms. The number of hydrogen-bond donors (Lipinski definition) is 0. The van der Waals surface area contributed by atoms with Gasteiger partial charge in [0.1, 0.15) is 5.82 Å². The number of nitrogens with zero attached hydrogens (tertiary/aromatic N) is 2. The maximum absolute atomic E-state index is 5.31. The van der Waals surface area contributed by atoms with Crippen LogP contribution in [0.5, 0.6) is 0 Å². The zero-order valence-electron chi connectivity index (χ0n) is 9.61. The van der Waals surface area contributed by atoms with Gasteiger partial charge in [0, 0.05) is 38.6 Å². The van der Waals surface area contributed by atoms with Crippen molar-refractivity contribution in [2.75, 3.05) is 26.4 Å². The molecule has 0 amide bonds. The Balaban J connectivity index is 2.32. The van der Waals surface area contributed by atoms with Crippen LogP contribution in [0.15, 0.2) is 12.4 Å². The van der Waals surface area contributed by atoms with Crippen LogP contribution in [-0.4, -0.2) is 36.0 Å². The van der Waals surface area contributed by atoms with Crippen LogP contribution in [0.3, 0.4) is 0 Å². The molecule has 0 saturated carbocycles. The van der Waals surface area contributed by atoms with Crippen molar-refractivity contribution in [2.45, 2.75) is 26.8 Å². The summed E-state index contributed by atoms with van der Waals surface area (Å²) in [5, 5.41) is 0. The molecule has 86 valence electrons. The Morgan fingerprint density at radius 1 is 1.20 bits per heavy atom. The van der Waals surface area contributed by atoms with Crippen molar-refractivity contribution in [3.05, 3.63) is 18.2 Å². The quantitative estimate of drug-likeness (QED) is 0.613. The SMILES string of the molecule is CCOCCc1nccn1CCOCC. The molecular formula is C11H20N2O2. The van der Waals surface area contributed by atoms with Crippen molar-refractivity contribution in [1.82, 2.24) is 9.55 Å². The molecule has 0 aliphatic carbocycles. The second kappa shape index (κ2) is 7.43. The van der Waals surface area contributed by atoms with Crippen molar-refractivity contribution >= 4 is 0 Å². The summed E-state index contributed by atoms with van der Waals surface area (Å²) in [4.78, 5) is 4.29. The van der Waals surface area contributed by atoms with Crippen LogP contribution in [0, 0.1) is 0 Å². The van der Waals surface area contributed by atoms with Crippen molar-refractivity contribution in [2.24, 2.45) is 0 Å². The van der Waals surface area contributed by atoms with E-state index in [2.05, 4.69) is 9.55 Å². The summed E-state index contributed by atoms with van der Waals surface area (Å²) in [6, 6.07) is 0.